The fraction of sp³-hybridized carbons (Fsp3) is 0.200. The van der Waals surface area contributed by atoms with Crippen LogP contribution in [0.2, 0.25) is 0 Å². The molecule has 0 saturated carbocycles. The topological polar surface area (TPSA) is 55.0 Å². The highest BCUT2D eigenvalue weighted by Gasteiger charge is 2.18. The van der Waals surface area contributed by atoms with E-state index in [1.54, 1.807) is 0 Å². The molecular weight excluding hydrogens is 212 g/mol. The van der Waals surface area contributed by atoms with E-state index in [1.807, 2.05) is 18.2 Å². The number of nitrogens with zero attached hydrogens (tertiary/aromatic N) is 1. The monoisotopic (exact) mass is 220 g/mol. The standard InChI is InChI=1S/C10H8N2O2S/c13-10-12-11-9(15-10)7-3-1-2-6-4-5-14-8(6)7/h1-3H,4-5H2,(H,12,13). The molecular formula is C10H8N2O2S. The third kappa shape index (κ3) is 1.35. The van der Waals surface area contributed by atoms with Crippen LogP contribution in [0.1, 0.15) is 5.56 Å². The van der Waals surface area contributed by atoms with Crippen LogP contribution >= 0.6 is 11.3 Å². The average molecular weight is 220 g/mol. The molecule has 0 saturated heterocycles. The van der Waals surface area contributed by atoms with Crippen molar-refractivity contribution in [3.63, 3.8) is 0 Å². The molecule has 1 aliphatic heterocycles. The van der Waals surface area contributed by atoms with Gasteiger partial charge >= 0.3 is 4.87 Å². The Balaban J connectivity index is 2.20. The lowest BCUT2D eigenvalue weighted by molar-refractivity contribution is 0.358. The van der Waals surface area contributed by atoms with Crippen LogP contribution < -0.4 is 9.61 Å². The number of hydrogen-bond acceptors (Lipinski definition) is 4. The molecule has 0 unspecified atom stereocenters. The fourth-order valence-corrected chi connectivity index (χ4v) is 2.36. The Labute approximate surface area is 89.5 Å². The average Bonchev–Trinajstić information content (AvgIpc) is 2.84. The SMILES string of the molecule is O=c1[nH]nc(-c2cccc3c2OCC3)s1. The van der Waals surface area contributed by atoms with Gasteiger partial charge in [-0.05, 0) is 11.6 Å². The molecule has 2 heterocycles. The van der Waals surface area contributed by atoms with Gasteiger partial charge in [0, 0.05) is 6.42 Å². The van der Waals surface area contributed by atoms with Crippen molar-refractivity contribution in [1.82, 2.24) is 10.2 Å². The van der Waals surface area contributed by atoms with Crippen LogP contribution in [0.3, 0.4) is 0 Å². The maximum Gasteiger partial charge on any atom is 0.322 e. The molecule has 76 valence electrons. The van der Waals surface area contributed by atoms with Crippen molar-refractivity contribution in [3.05, 3.63) is 33.4 Å². The minimum atomic E-state index is -0.138. The van der Waals surface area contributed by atoms with Crippen molar-refractivity contribution < 1.29 is 4.74 Å². The number of aromatic amines is 1. The van der Waals surface area contributed by atoms with Gasteiger partial charge in [-0.1, -0.05) is 23.5 Å². The zero-order valence-corrected chi connectivity index (χ0v) is 8.63. The Morgan fingerprint density at radius 3 is 3.20 bits per heavy atom. The van der Waals surface area contributed by atoms with E-state index in [-0.39, 0.29) is 4.87 Å². The van der Waals surface area contributed by atoms with Gasteiger partial charge in [0.2, 0.25) is 0 Å². The fourth-order valence-electron chi connectivity index (χ4n) is 1.73. The van der Waals surface area contributed by atoms with E-state index in [0.717, 1.165) is 29.1 Å². The largest absolute Gasteiger partial charge is 0.492 e. The molecule has 0 amide bonds. The van der Waals surface area contributed by atoms with E-state index < -0.39 is 0 Å². The summed E-state index contributed by atoms with van der Waals surface area (Å²) in [6.07, 6.45) is 0.933. The number of rotatable bonds is 1. The van der Waals surface area contributed by atoms with Gasteiger partial charge in [0.25, 0.3) is 0 Å². The van der Waals surface area contributed by atoms with Gasteiger partial charge in [-0.2, -0.15) is 5.10 Å². The highest BCUT2D eigenvalue weighted by Crippen LogP contribution is 2.36. The van der Waals surface area contributed by atoms with Crippen LogP contribution in [0.25, 0.3) is 10.6 Å². The Hall–Kier alpha value is -1.62. The van der Waals surface area contributed by atoms with Gasteiger partial charge in [-0.25, -0.2) is 5.10 Å². The van der Waals surface area contributed by atoms with Crippen LogP contribution in [0, 0.1) is 0 Å². The van der Waals surface area contributed by atoms with Crippen LogP contribution in [-0.4, -0.2) is 16.8 Å². The van der Waals surface area contributed by atoms with Crippen LogP contribution in [0.15, 0.2) is 23.0 Å². The zero-order valence-electron chi connectivity index (χ0n) is 7.82. The summed E-state index contributed by atoms with van der Waals surface area (Å²) in [7, 11) is 0. The lowest BCUT2D eigenvalue weighted by Crippen LogP contribution is -1.90. The van der Waals surface area contributed by atoms with E-state index in [9.17, 15) is 4.79 Å². The number of nitrogens with one attached hydrogen (secondary N) is 1. The van der Waals surface area contributed by atoms with Crippen LogP contribution in [0.5, 0.6) is 5.75 Å². The molecule has 3 rings (SSSR count). The summed E-state index contributed by atoms with van der Waals surface area (Å²) in [5.74, 6) is 0.875. The summed E-state index contributed by atoms with van der Waals surface area (Å²) in [6, 6.07) is 5.94. The Bertz CT molecular complexity index is 559. The highest BCUT2D eigenvalue weighted by molar-refractivity contribution is 7.12. The predicted molar refractivity (Wildman–Crippen MR) is 57.4 cm³/mol. The third-order valence-electron chi connectivity index (χ3n) is 2.38. The minimum Gasteiger partial charge on any atom is -0.492 e. The summed E-state index contributed by atoms with van der Waals surface area (Å²) < 4.78 is 5.54. The number of para-hydroxylation sites is 1. The van der Waals surface area contributed by atoms with E-state index in [2.05, 4.69) is 10.2 Å². The van der Waals surface area contributed by atoms with Crippen LogP contribution in [0.4, 0.5) is 0 Å². The molecule has 0 radical (unpaired) electrons. The molecule has 2 aromatic rings. The minimum absolute atomic E-state index is 0.138. The van der Waals surface area contributed by atoms with Crippen molar-refractivity contribution in [2.75, 3.05) is 6.61 Å². The van der Waals surface area contributed by atoms with Gasteiger partial charge < -0.3 is 4.74 Å². The van der Waals surface area contributed by atoms with Crippen molar-refractivity contribution in [3.8, 4) is 16.3 Å². The lowest BCUT2D eigenvalue weighted by Gasteiger charge is -2.03. The molecule has 0 atom stereocenters. The molecule has 0 spiro atoms. The smallest absolute Gasteiger partial charge is 0.322 e. The molecule has 4 nitrogen and oxygen atoms in total. The van der Waals surface area contributed by atoms with Crippen LogP contribution in [-0.2, 0) is 6.42 Å². The van der Waals surface area contributed by atoms with Gasteiger partial charge in [-0.3, -0.25) is 4.79 Å². The highest BCUT2D eigenvalue weighted by atomic mass is 32.1. The normalized spacial score (nSPS) is 13.6. The molecule has 0 aliphatic carbocycles. The quantitative estimate of drug-likeness (QED) is 0.791. The molecule has 0 fully saturated rings. The van der Waals surface area contributed by atoms with E-state index in [4.69, 9.17) is 4.74 Å². The lowest BCUT2D eigenvalue weighted by atomic mass is 10.1. The van der Waals surface area contributed by atoms with Gasteiger partial charge in [0.1, 0.15) is 5.75 Å². The van der Waals surface area contributed by atoms with E-state index in [1.165, 1.54) is 5.56 Å². The second kappa shape index (κ2) is 3.20. The number of benzene rings is 1. The first-order chi connectivity index (χ1) is 7.34. The van der Waals surface area contributed by atoms with Gasteiger partial charge in [0.15, 0.2) is 5.01 Å². The summed E-state index contributed by atoms with van der Waals surface area (Å²) >= 11 is 1.10. The van der Waals surface area contributed by atoms with E-state index in [0.29, 0.717) is 11.6 Å². The third-order valence-corrected chi connectivity index (χ3v) is 3.16. The number of aromatic nitrogens is 2. The Kier molecular flexibility index (Phi) is 1.85. The second-order valence-corrected chi connectivity index (χ2v) is 4.27. The maximum absolute atomic E-state index is 11.0. The molecule has 1 aromatic heterocycles. The molecule has 1 aliphatic rings. The number of ether oxygens (including phenoxy) is 1. The van der Waals surface area contributed by atoms with Gasteiger partial charge in [-0.15, -0.1) is 0 Å². The molecule has 5 heteroatoms. The Morgan fingerprint density at radius 2 is 2.40 bits per heavy atom. The maximum atomic E-state index is 11.0. The van der Waals surface area contributed by atoms with Crippen molar-refractivity contribution in [1.29, 1.82) is 0 Å². The molecule has 1 aromatic carbocycles. The summed E-state index contributed by atoms with van der Waals surface area (Å²) in [6.45, 7) is 0.714. The van der Waals surface area contributed by atoms with Crippen molar-refractivity contribution in [2.24, 2.45) is 0 Å². The van der Waals surface area contributed by atoms with Crippen molar-refractivity contribution >= 4 is 11.3 Å². The summed E-state index contributed by atoms with van der Waals surface area (Å²) in [5, 5.41) is 7.07. The molecule has 1 N–H and O–H groups in total. The number of H-pyrrole nitrogens is 1. The summed E-state index contributed by atoms with van der Waals surface area (Å²) in [4.78, 5) is 10.9. The first-order valence-electron chi connectivity index (χ1n) is 4.65. The molecule has 15 heavy (non-hydrogen) atoms. The van der Waals surface area contributed by atoms with Crippen molar-refractivity contribution in [2.45, 2.75) is 6.42 Å². The first-order valence-corrected chi connectivity index (χ1v) is 5.47. The first kappa shape index (κ1) is 8.67. The van der Waals surface area contributed by atoms with Gasteiger partial charge in [0.05, 0.1) is 12.2 Å². The number of hydrogen-bond donors (Lipinski definition) is 1. The Morgan fingerprint density at radius 1 is 1.47 bits per heavy atom. The van der Waals surface area contributed by atoms with E-state index >= 15 is 0 Å². The summed E-state index contributed by atoms with van der Waals surface area (Å²) in [5.41, 5.74) is 2.10. The second-order valence-electron chi connectivity index (χ2n) is 3.31. The zero-order chi connectivity index (χ0) is 10.3. The number of fused-ring (bicyclic) bond motifs is 1. The molecule has 0 bridgehead atoms. The predicted octanol–water partition coefficient (Wildman–Crippen LogP) is 1.43.